The molecular weight excluding hydrogens is 166 g/mol. The van der Waals surface area contributed by atoms with E-state index < -0.39 is 0 Å². The van der Waals surface area contributed by atoms with E-state index in [9.17, 15) is 0 Å². The summed E-state index contributed by atoms with van der Waals surface area (Å²) in [6, 6.07) is 0. The van der Waals surface area contributed by atoms with Crippen molar-refractivity contribution in [2.45, 2.75) is 19.8 Å². The molecule has 0 unspecified atom stereocenters. The van der Waals surface area contributed by atoms with Crippen LogP contribution < -0.4 is 0 Å². The van der Waals surface area contributed by atoms with Gasteiger partial charge in [0.1, 0.15) is 0 Å². The van der Waals surface area contributed by atoms with Crippen LogP contribution in [0.25, 0.3) is 5.78 Å². The van der Waals surface area contributed by atoms with Crippen molar-refractivity contribution in [1.29, 1.82) is 0 Å². The second kappa shape index (κ2) is 2.73. The fourth-order valence-electron chi connectivity index (χ4n) is 1.17. The summed E-state index contributed by atoms with van der Waals surface area (Å²) in [6.45, 7) is 4.14. The van der Waals surface area contributed by atoms with Crippen LogP contribution in [-0.2, 0) is 0 Å². The molecule has 0 spiro atoms. The largest absolute Gasteiger partial charge is 0.505 e. The van der Waals surface area contributed by atoms with Gasteiger partial charge in [0.15, 0.2) is 5.75 Å². The maximum absolute atomic E-state index is 9.17. The van der Waals surface area contributed by atoms with Gasteiger partial charge in [-0.2, -0.15) is 0 Å². The van der Waals surface area contributed by atoms with Crippen LogP contribution in [0.1, 0.15) is 25.5 Å². The van der Waals surface area contributed by atoms with E-state index in [-0.39, 0.29) is 5.75 Å². The molecule has 2 heterocycles. The zero-order valence-corrected chi connectivity index (χ0v) is 7.60. The predicted octanol–water partition coefficient (Wildman–Crippen LogP) is 1.56. The summed E-state index contributed by atoms with van der Waals surface area (Å²) < 4.78 is 1.73. The van der Waals surface area contributed by atoms with Gasteiger partial charge < -0.3 is 5.11 Å². The van der Waals surface area contributed by atoms with Crippen LogP contribution in [-0.4, -0.2) is 19.5 Å². The Labute approximate surface area is 75.9 Å². The number of nitrogens with zero attached hydrogens (tertiary/aromatic N) is 3. The summed E-state index contributed by atoms with van der Waals surface area (Å²) in [5.74, 6) is 1.16. The molecule has 0 aliphatic rings. The van der Waals surface area contributed by atoms with Crippen LogP contribution in [0.4, 0.5) is 0 Å². The van der Waals surface area contributed by atoms with Crippen LogP contribution in [0.5, 0.6) is 5.75 Å². The first-order valence-corrected chi connectivity index (χ1v) is 4.20. The van der Waals surface area contributed by atoms with Gasteiger partial charge >= 0.3 is 0 Å². The van der Waals surface area contributed by atoms with Crippen LogP contribution in [0.3, 0.4) is 0 Å². The molecule has 0 bridgehead atoms. The molecule has 4 heteroatoms. The van der Waals surface area contributed by atoms with Crippen molar-refractivity contribution >= 4 is 5.78 Å². The third-order valence-electron chi connectivity index (χ3n) is 1.91. The second-order valence-electron chi connectivity index (χ2n) is 3.34. The molecular formula is C9H11N3O. The monoisotopic (exact) mass is 177 g/mol. The maximum Gasteiger partial charge on any atom is 0.234 e. The normalized spacial score (nSPS) is 11.3. The zero-order valence-electron chi connectivity index (χ0n) is 7.60. The van der Waals surface area contributed by atoms with Crippen LogP contribution in [0, 0.1) is 0 Å². The summed E-state index contributed by atoms with van der Waals surface area (Å²) in [6.07, 6.45) is 4.88. The first-order chi connectivity index (χ1) is 6.16. The van der Waals surface area contributed by atoms with Gasteiger partial charge in [-0.1, -0.05) is 13.8 Å². The minimum absolute atomic E-state index is 0.153. The SMILES string of the molecule is CC(C)c1cn2cc(O)cnc2n1. The van der Waals surface area contributed by atoms with Gasteiger partial charge in [-0.15, -0.1) is 0 Å². The van der Waals surface area contributed by atoms with Gasteiger partial charge in [-0.3, -0.25) is 4.40 Å². The summed E-state index contributed by atoms with van der Waals surface area (Å²) in [7, 11) is 0. The Hall–Kier alpha value is -1.58. The molecule has 0 saturated carbocycles. The lowest BCUT2D eigenvalue weighted by atomic mass is 10.2. The fourth-order valence-corrected chi connectivity index (χ4v) is 1.17. The Kier molecular flexibility index (Phi) is 1.69. The molecule has 1 N–H and O–H groups in total. The average Bonchev–Trinajstić information content (AvgIpc) is 2.46. The third-order valence-corrected chi connectivity index (χ3v) is 1.91. The highest BCUT2D eigenvalue weighted by molar-refractivity contribution is 5.33. The highest BCUT2D eigenvalue weighted by Gasteiger charge is 2.05. The molecule has 2 rings (SSSR count). The summed E-state index contributed by atoms with van der Waals surface area (Å²) in [5.41, 5.74) is 0.984. The van der Waals surface area contributed by atoms with Gasteiger partial charge in [0, 0.05) is 6.20 Å². The molecule has 0 aliphatic heterocycles. The van der Waals surface area contributed by atoms with E-state index in [4.69, 9.17) is 5.11 Å². The lowest BCUT2D eigenvalue weighted by Gasteiger charge is -1.94. The van der Waals surface area contributed by atoms with Crippen molar-refractivity contribution in [2.24, 2.45) is 0 Å². The number of fused-ring (bicyclic) bond motifs is 1. The Morgan fingerprint density at radius 2 is 2.15 bits per heavy atom. The lowest BCUT2D eigenvalue weighted by molar-refractivity contribution is 0.469. The minimum atomic E-state index is 0.153. The standard InChI is InChI=1S/C9H11N3O/c1-6(2)8-5-12-4-7(13)3-10-9(12)11-8/h3-6,13H,1-2H3. The maximum atomic E-state index is 9.17. The van der Waals surface area contributed by atoms with Gasteiger partial charge in [0.2, 0.25) is 5.78 Å². The van der Waals surface area contributed by atoms with Crippen molar-refractivity contribution < 1.29 is 5.11 Å². The topological polar surface area (TPSA) is 50.4 Å². The van der Waals surface area contributed by atoms with Crippen LogP contribution in [0.15, 0.2) is 18.6 Å². The fraction of sp³-hybridized carbons (Fsp3) is 0.333. The van der Waals surface area contributed by atoms with Crippen LogP contribution >= 0.6 is 0 Å². The summed E-state index contributed by atoms with van der Waals surface area (Å²) in [5, 5.41) is 9.17. The second-order valence-corrected chi connectivity index (χ2v) is 3.34. The van der Waals surface area contributed by atoms with Gasteiger partial charge in [-0.05, 0) is 5.92 Å². The van der Waals surface area contributed by atoms with Gasteiger partial charge in [0.25, 0.3) is 0 Å². The molecule has 2 aromatic rings. The van der Waals surface area contributed by atoms with Crippen molar-refractivity contribution in [3.8, 4) is 5.75 Å². The highest BCUT2D eigenvalue weighted by atomic mass is 16.3. The van der Waals surface area contributed by atoms with E-state index >= 15 is 0 Å². The Morgan fingerprint density at radius 3 is 2.85 bits per heavy atom. The highest BCUT2D eigenvalue weighted by Crippen LogP contribution is 2.14. The number of hydrogen-bond donors (Lipinski definition) is 1. The Balaban J connectivity index is 2.62. The lowest BCUT2D eigenvalue weighted by Crippen LogP contribution is -1.85. The molecule has 68 valence electrons. The average molecular weight is 177 g/mol. The zero-order chi connectivity index (χ0) is 9.42. The first-order valence-electron chi connectivity index (χ1n) is 4.20. The number of hydrogen-bond acceptors (Lipinski definition) is 3. The molecule has 0 amide bonds. The number of rotatable bonds is 1. The van der Waals surface area contributed by atoms with Crippen molar-refractivity contribution in [3.63, 3.8) is 0 Å². The van der Waals surface area contributed by atoms with E-state index in [1.807, 2.05) is 6.20 Å². The molecule has 2 aromatic heterocycles. The molecule has 4 nitrogen and oxygen atoms in total. The van der Waals surface area contributed by atoms with Crippen LogP contribution in [0.2, 0.25) is 0 Å². The van der Waals surface area contributed by atoms with E-state index in [2.05, 4.69) is 23.8 Å². The number of imidazole rings is 1. The number of aromatic nitrogens is 3. The Bertz CT molecular complexity index is 433. The van der Waals surface area contributed by atoms with Gasteiger partial charge in [0.05, 0.1) is 18.1 Å². The van der Waals surface area contributed by atoms with E-state index in [0.29, 0.717) is 11.7 Å². The van der Waals surface area contributed by atoms with E-state index in [1.54, 1.807) is 10.6 Å². The molecule has 13 heavy (non-hydrogen) atoms. The smallest absolute Gasteiger partial charge is 0.234 e. The van der Waals surface area contributed by atoms with Crippen molar-refractivity contribution in [1.82, 2.24) is 14.4 Å². The number of aromatic hydroxyl groups is 1. The molecule has 0 saturated heterocycles. The van der Waals surface area contributed by atoms with Gasteiger partial charge in [-0.25, -0.2) is 9.97 Å². The quantitative estimate of drug-likeness (QED) is 0.719. The Morgan fingerprint density at radius 1 is 1.38 bits per heavy atom. The minimum Gasteiger partial charge on any atom is -0.505 e. The third kappa shape index (κ3) is 1.35. The predicted molar refractivity (Wildman–Crippen MR) is 48.7 cm³/mol. The summed E-state index contributed by atoms with van der Waals surface area (Å²) >= 11 is 0. The van der Waals surface area contributed by atoms with E-state index in [0.717, 1.165) is 5.69 Å². The molecule has 0 fully saturated rings. The van der Waals surface area contributed by atoms with E-state index in [1.165, 1.54) is 6.20 Å². The first kappa shape index (κ1) is 8.04. The van der Waals surface area contributed by atoms with Crippen molar-refractivity contribution in [3.05, 3.63) is 24.3 Å². The molecule has 0 aliphatic carbocycles. The molecule has 0 radical (unpaired) electrons. The summed E-state index contributed by atoms with van der Waals surface area (Å²) in [4.78, 5) is 8.28. The molecule has 0 atom stereocenters. The van der Waals surface area contributed by atoms with Crippen molar-refractivity contribution in [2.75, 3.05) is 0 Å². The molecule has 0 aromatic carbocycles.